The summed E-state index contributed by atoms with van der Waals surface area (Å²) in [6.07, 6.45) is 1.58. The third-order valence-corrected chi connectivity index (χ3v) is 2.30. The number of rotatable bonds is 3. The first kappa shape index (κ1) is 11.8. The molecule has 2 amide bonds. The van der Waals surface area contributed by atoms with Crippen LogP contribution >= 0.6 is 0 Å². The molecule has 18 heavy (non-hydrogen) atoms. The van der Waals surface area contributed by atoms with Crippen molar-refractivity contribution in [3.8, 4) is 0 Å². The number of pyridine rings is 1. The average molecular weight is 245 g/mol. The number of anilines is 1. The summed E-state index contributed by atoms with van der Waals surface area (Å²) in [6.45, 7) is -0.422. The summed E-state index contributed by atoms with van der Waals surface area (Å²) in [7, 11) is 0. The second kappa shape index (κ2) is 5.13. The maximum absolute atomic E-state index is 11.5. The van der Waals surface area contributed by atoms with Gasteiger partial charge in [-0.15, -0.1) is 0 Å². The van der Waals surface area contributed by atoms with E-state index < -0.39 is 18.5 Å². The zero-order chi connectivity index (χ0) is 13.0. The van der Waals surface area contributed by atoms with E-state index in [-0.39, 0.29) is 0 Å². The summed E-state index contributed by atoms with van der Waals surface area (Å²) in [4.78, 5) is 25.9. The molecule has 0 saturated carbocycles. The Morgan fingerprint density at radius 2 is 2.00 bits per heavy atom. The number of amides is 2. The van der Waals surface area contributed by atoms with E-state index in [0.29, 0.717) is 5.69 Å². The number of carbonyl (C=O) groups is 2. The van der Waals surface area contributed by atoms with Gasteiger partial charge < -0.3 is 15.7 Å². The van der Waals surface area contributed by atoms with Crippen LogP contribution in [-0.2, 0) is 4.79 Å². The van der Waals surface area contributed by atoms with Crippen LogP contribution in [0.15, 0.2) is 36.5 Å². The van der Waals surface area contributed by atoms with Crippen LogP contribution in [0, 0.1) is 0 Å². The van der Waals surface area contributed by atoms with Crippen LogP contribution in [0.4, 0.5) is 10.5 Å². The molecule has 0 spiro atoms. The predicted molar refractivity (Wildman–Crippen MR) is 66.4 cm³/mol. The highest BCUT2D eigenvalue weighted by Crippen LogP contribution is 2.20. The molecule has 92 valence electrons. The second-order valence-electron chi connectivity index (χ2n) is 3.58. The van der Waals surface area contributed by atoms with E-state index >= 15 is 0 Å². The van der Waals surface area contributed by atoms with E-state index in [1.54, 1.807) is 12.3 Å². The fourth-order valence-corrected chi connectivity index (χ4v) is 1.53. The van der Waals surface area contributed by atoms with Gasteiger partial charge in [-0.05, 0) is 12.1 Å². The molecule has 3 N–H and O–H groups in total. The minimum atomic E-state index is -1.09. The lowest BCUT2D eigenvalue weighted by Gasteiger charge is -2.08. The number of benzene rings is 1. The Bertz CT molecular complexity index is 593. The molecule has 0 fully saturated rings. The van der Waals surface area contributed by atoms with Gasteiger partial charge >= 0.3 is 12.0 Å². The van der Waals surface area contributed by atoms with Gasteiger partial charge in [0.1, 0.15) is 6.54 Å². The molecule has 0 aliphatic carbocycles. The first-order valence-electron chi connectivity index (χ1n) is 5.27. The first-order valence-corrected chi connectivity index (χ1v) is 5.27. The van der Waals surface area contributed by atoms with Gasteiger partial charge in [-0.3, -0.25) is 9.78 Å². The Morgan fingerprint density at radius 3 is 2.78 bits per heavy atom. The number of fused-ring (bicyclic) bond motifs is 1. The maximum Gasteiger partial charge on any atom is 0.323 e. The monoisotopic (exact) mass is 245 g/mol. The highest BCUT2D eigenvalue weighted by atomic mass is 16.4. The number of nitrogens with one attached hydrogen (secondary N) is 2. The normalized spacial score (nSPS) is 10.0. The number of aliphatic carboxylic acids is 1. The Hall–Kier alpha value is -2.63. The van der Waals surface area contributed by atoms with Crippen LogP contribution in [0.5, 0.6) is 0 Å². The number of nitrogens with zero attached hydrogens (tertiary/aromatic N) is 1. The highest BCUT2D eigenvalue weighted by Gasteiger charge is 2.06. The van der Waals surface area contributed by atoms with Crippen molar-refractivity contribution in [2.75, 3.05) is 11.9 Å². The van der Waals surface area contributed by atoms with Crippen molar-refractivity contribution >= 4 is 28.6 Å². The van der Waals surface area contributed by atoms with Crippen LogP contribution in [0.25, 0.3) is 10.9 Å². The third-order valence-electron chi connectivity index (χ3n) is 2.30. The smallest absolute Gasteiger partial charge is 0.323 e. The number of hydrogen-bond acceptors (Lipinski definition) is 3. The summed E-state index contributed by atoms with van der Waals surface area (Å²) in [5.74, 6) is -1.09. The topological polar surface area (TPSA) is 91.3 Å². The van der Waals surface area contributed by atoms with Crippen molar-refractivity contribution < 1.29 is 14.7 Å². The summed E-state index contributed by atoms with van der Waals surface area (Å²) in [5.41, 5.74) is 1.34. The second-order valence-corrected chi connectivity index (χ2v) is 3.58. The Labute approximate surface area is 103 Å². The van der Waals surface area contributed by atoms with Crippen LogP contribution in [0.1, 0.15) is 0 Å². The molecular formula is C12H11N3O3. The quantitative estimate of drug-likeness (QED) is 0.763. The molecule has 0 aliphatic rings. The molecule has 0 aliphatic heterocycles. The summed E-state index contributed by atoms with van der Waals surface area (Å²) >= 11 is 0. The standard InChI is InChI=1S/C12H11N3O3/c16-11(17)7-14-12(18)15-10-5-6-13-9-4-2-1-3-8(9)10/h1-6H,7H2,(H,16,17)(H2,13,14,15,18). The maximum atomic E-state index is 11.5. The third kappa shape index (κ3) is 2.73. The molecule has 1 aromatic heterocycles. The van der Waals surface area contributed by atoms with Gasteiger partial charge in [0.15, 0.2) is 0 Å². The van der Waals surface area contributed by atoms with E-state index in [1.807, 2.05) is 24.3 Å². The van der Waals surface area contributed by atoms with Crippen LogP contribution in [0.3, 0.4) is 0 Å². The van der Waals surface area contributed by atoms with Crippen molar-refractivity contribution in [3.63, 3.8) is 0 Å². The van der Waals surface area contributed by atoms with Gasteiger partial charge in [0.05, 0.1) is 11.2 Å². The lowest BCUT2D eigenvalue weighted by atomic mass is 10.2. The van der Waals surface area contributed by atoms with Crippen molar-refractivity contribution in [2.24, 2.45) is 0 Å². The number of carbonyl (C=O) groups excluding carboxylic acids is 1. The number of aromatic nitrogens is 1. The summed E-state index contributed by atoms with van der Waals surface area (Å²) in [5, 5.41) is 14.1. The zero-order valence-electron chi connectivity index (χ0n) is 9.38. The van der Waals surface area contributed by atoms with Crippen molar-refractivity contribution in [3.05, 3.63) is 36.5 Å². The molecular weight excluding hydrogens is 234 g/mol. The molecule has 0 saturated heterocycles. The van der Waals surface area contributed by atoms with Gasteiger partial charge in [-0.1, -0.05) is 18.2 Å². The fraction of sp³-hybridized carbons (Fsp3) is 0.0833. The SMILES string of the molecule is O=C(O)CNC(=O)Nc1ccnc2ccccc12. The largest absolute Gasteiger partial charge is 0.480 e. The molecule has 2 rings (SSSR count). The van der Waals surface area contributed by atoms with Gasteiger partial charge in [0.2, 0.25) is 0 Å². The van der Waals surface area contributed by atoms with Gasteiger partial charge in [0.25, 0.3) is 0 Å². The minimum Gasteiger partial charge on any atom is -0.480 e. The molecule has 0 bridgehead atoms. The highest BCUT2D eigenvalue weighted by molar-refractivity contribution is 6.00. The molecule has 0 unspecified atom stereocenters. The molecule has 2 aromatic rings. The van der Waals surface area contributed by atoms with E-state index in [2.05, 4.69) is 15.6 Å². The van der Waals surface area contributed by atoms with Gasteiger partial charge in [-0.25, -0.2) is 4.79 Å². The van der Waals surface area contributed by atoms with Crippen LogP contribution < -0.4 is 10.6 Å². The number of carboxylic acid groups (broad SMARTS) is 1. The molecule has 0 atom stereocenters. The van der Waals surface area contributed by atoms with Crippen molar-refractivity contribution in [1.29, 1.82) is 0 Å². The average Bonchev–Trinajstić information content (AvgIpc) is 2.37. The predicted octanol–water partition coefficient (Wildman–Crippen LogP) is 1.44. The molecule has 1 heterocycles. The number of hydrogen-bond donors (Lipinski definition) is 3. The summed E-state index contributed by atoms with van der Waals surface area (Å²) in [6, 6.07) is 8.44. The van der Waals surface area contributed by atoms with E-state index in [9.17, 15) is 9.59 Å². The summed E-state index contributed by atoms with van der Waals surface area (Å²) < 4.78 is 0. The first-order chi connectivity index (χ1) is 8.66. The number of urea groups is 1. The Balaban J connectivity index is 2.16. The minimum absolute atomic E-state index is 0.422. The molecule has 6 heteroatoms. The fourth-order valence-electron chi connectivity index (χ4n) is 1.53. The van der Waals surface area contributed by atoms with E-state index in [4.69, 9.17) is 5.11 Å². The van der Waals surface area contributed by atoms with Crippen LogP contribution in [-0.4, -0.2) is 28.6 Å². The van der Waals surface area contributed by atoms with Crippen LogP contribution in [0.2, 0.25) is 0 Å². The Kier molecular flexibility index (Phi) is 3.38. The number of carboxylic acids is 1. The molecule has 6 nitrogen and oxygen atoms in total. The van der Waals surface area contributed by atoms with E-state index in [1.165, 1.54) is 0 Å². The zero-order valence-corrected chi connectivity index (χ0v) is 9.38. The van der Waals surface area contributed by atoms with Gasteiger partial charge in [0, 0.05) is 11.6 Å². The van der Waals surface area contributed by atoms with Crippen molar-refractivity contribution in [1.82, 2.24) is 10.3 Å². The van der Waals surface area contributed by atoms with Crippen molar-refractivity contribution in [2.45, 2.75) is 0 Å². The Morgan fingerprint density at radius 1 is 1.22 bits per heavy atom. The molecule has 0 radical (unpaired) electrons. The molecule has 1 aromatic carbocycles. The lowest BCUT2D eigenvalue weighted by molar-refractivity contribution is -0.135. The lowest BCUT2D eigenvalue weighted by Crippen LogP contribution is -2.33. The van der Waals surface area contributed by atoms with E-state index in [0.717, 1.165) is 10.9 Å². The number of para-hydroxylation sites is 1. The van der Waals surface area contributed by atoms with Gasteiger partial charge in [-0.2, -0.15) is 0 Å².